The van der Waals surface area contributed by atoms with Crippen LogP contribution in [0.3, 0.4) is 0 Å². The minimum atomic E-state index is -4.55. The monoisotopic (exact) mass is 341 g/mol. The van der Waals surface area contributed by atoms with E-state index < -0.39 is 27.5 Å². The molecule has 126 valence electrons. The van der Waals surface area contributed by atoms with E-state index in [9.17, 15) is 17.1 Å². The quantitative estimate of drug-likeness (QED) is 0.790. The van der Waals surface area contributed by atoms with Crippen molar-refractivity contribution in [2.24, 2.45) is 5.41 Å². The fraction of sp³-hybridized carbons (Fsp3) is 0.562. The summed E-state index contributed by atoms with van der Waals surface area (Å²) in [4.78, 5) is 13.9. The summed E-state index contributed by atoms with van der Waals surface area (Å²) in [6.45, 7) is 0.602. The number of fused-ring (bicyclic) bond motifs is 1. The first kappa shape index (κ1) is 16.2. The lowest BCUT2D eigenvalue weighted by Crippen LogP contribution is -2.42. The molecule has 2 aliphatic rings. The van der Waals surface area contributed by atoms with Gasteiger partial charge in [0.05, 0.1) is 5.75 Å². The van der Waals surface area contributed by atoms with Crippen molar-refractivity contribution in [2.45, 2.75) is 38.3 Å². The summed E-state index contributed by atoms with van der Waals surface area (Å²) in [5, 5.41) is 0. The first-order valence-electron chi connectivity index (χ1n) is 7.79. The molecule has 7 heteroatoms. The molecule has 0 N–H and O–H groups in total. The van der Waals surface area contributed by atoms with Crippen LogP contribution in [-0.4, -0.2) is 37.8 Å². The molecule has 23 heavy (non-hydrogen) atoms. The molecule has 2 fully saturated rings. The van der Waals surface area contributed by atoms with Crippen LogP contribution < -0.4 is 0 Å². The van der Waals surface area contributed by atoms with Crippen molar-refractivity contribution in [3.05, 3.63) is 35.9 Å². The number of carbonyl (C=O) groups is 1. The SMILES string of the molecule is O=C(OCc1ccccc1)N1CC[C@@]2(CS(=O)(=O)F)CCC[C@@H]12. The summed E-state index contributed by atoms with van der Waals surface area (Å²) in [6, 6.07) is 9.12. The zero-order chi connectivity index (χ0) is 16.5. The average molecular weight is 341 g/mol. The fourth-order valence-corrected chi connectivity index (χ4v) is 5.17. The molecule has 1 aliphatic carbocycles. The molecule has 1 amide bonds. The number of hydrogen-bond acceptors (Lipinski definition) is 4. The molecule has 5 nitrogen and oxygen atoms in total. The third-order valence-electron chi connectivity index (χ3n) is 4.99. The number of nitrogens with zero attached hydrogens (tertiary/aromatic N) is 1. The van der Waals surface area contributed by atoms with E-state index in [4.69, 9.17) is 4.74 Å². The van der Waals surface area contributed by atoms with Gasteiger partial charge in [0.1, 0.15) is 6.61 Å². The van der Waals surface area contributed by atoms with Gasteiger partial charge in [0.15, 0.2) is 0 Å². The third-order valence-corrected chi connectivity index (χ3v) is 5.91. The van der Waals surface area contributed by atoms with Crippen molar-refractivity contribution in [1.82, 2.24) is 4.90 Å². The summed E-state index contributed by atoms with van der Waals surface area (Å²) in [6.07, 6.45) is 2.22. The van der Waals surface area contributed by atoms with E-state index in [0.717, 1.165) is 12.0 Å². The zero-order valence-corrected chi connectivity index (χ0v) is 13.6. The highest BCUT2D eigenvalue weighted by Gasteiger charge is 2.54. The highest BCUT2D eigenvalue weighted by Crippen LogP contribution is 2.49. The third kappa shape index (κ3) is 3.49. The van der Waals surface area contributed by atoms with Gasteiger partial charge in [0.2, 0.25) is 0 Å². The number of rotatable bonds is 4. The molecule has 3 rings (SSSR count). The van der Waals surface area contributed by atoms with Crippen molar-refractivity contribution in [3.8, 4) is 0 Å². The number of amides is 1. The van der Waals surface area contributed by atoms with E-state index in [2.05, 4.69) is 0 Å². The van der Waals surface area contributed by atoms with Crippen LogP contribution in [0.15, 0.2) is 30.3 Å². The van der Waals surface area contributed by atoms with Gasteiger partial charge in [-0.2, -0.15) is 8.42 Å². The molecule has 0 spiro atoms. The molecule has 0 unspecified atom stereocenters. The number of ether oxygens (including phenoxy) is 1. The molecular weight excluding hydrogens is 321 g/mol. The maximum atomic E-state index is 13.2. The number of benzene rings is 1. The molecule has 1 aromatic rings. The molecular formula is C16H20FNO4S. The Morgan fingerprint density at radius 3 is 2.74 bits per heavy atom. The number of halogens is 1. The molecule has 1 saturated heterocycles. The molecule has 1 aromatic carbocycles. The molecule has 1 saturated carbocycles. The predicted molar refractivity (Wildman–Crippen MR) is 82.9 cm³/mol. The molecule has 1 aliphatic heterocycles. The maximum Gasteiger partial charge on any atom is 0.410 e. The zero-order valence-electron chi connectivity index (χ0n) is 12.8. The molecule has 0 bridgehead atoms. The Morgan fingerprint density at radius 1 is 1.30 bits per heavy atom. The lowest BCUT2D eigenvalue weighted by atomic mass is 9.84. The largest absolute Gasteiger partial charge is 0.445 e. The smallest absolute Gasteiger partial charge is 0.410 e. The van der Waals surface area contributed by atoms with Gasteiger partial charge in [-0.05, 0) is 24.8 Å². The van der Waals surface area contributed by atoms with E-state index in [1.165, 1.54) is 0 Å². The number of likely N-dealkylation sites (tertiary alicyclic amines) is 1. The van der Waals surface area contributed by atoms with Crippen molar-refractivity contribution in [3.63, 3.8) is 0 Å². The Bertz CT molecular complexity index is 679. The minimum absolute atomic E-state index is 0.178. The normalized spacial score (nSPS) is 27.0. The second-order valence-corrected chi connectivity index (χ2v) is 7.80. The van der Waals surface area contributed by atoms with E-state index in [1.807, 2.05) is 30.3 Å². The first-order valence-corrected chi connectivity index (χ1v) is 9.35. The van der Waals surface area contributed by atoms with Gasteiger partial charge in [-0.15, -0.1) is 3.89 Å². The summed E-state index contributed by atoms with van der Waals surface area (Å²) >= 11 is 0. The van der Waals surface area contributed by atoms with Crippen LogP contribution in [0.25, 0.3) is 0 Å². The summed E-state index contributed by atoms with van der Waals surface area (Å²) in [7, 11) is -4.55. The van der Waals surface area contributed by atoms with Gasteiger partial charge in [0.25, 0.3) is 0 Å². The summed E-state index contributed by atoms with van der Waals surface area (Å²) in [5.74, 6) is -0.493. The van der Waals surface area contributed by atoms with Gasteiger partial charge in [-0.1, -0.05) is 36.8 Å². The van der Waals surface area contributed by atoms with Gasteiger partial charge in [-0.25, -0.2) is 4.79 Å². The van der Waals surface area contributed by atoms with Gasteiger partial charge >= 0.3 is 16.3 Å². The van der Waals surface area contributed by atoms with Crippen molar-refractivity contribution in [1.29, 1.82) is 0 Å². The van der Waals surface area contributed by atoms with Crippen LogP contribution >= 0.6 is 0 Å². The first-order chi connectivity index (χ1) is 10.9. The van der Waals surface area contributed by atoms with E-state index in [-0.39, 0.29) is 12.6 Å². The van der Waals surface area contributed by atoms with Crippen molar-refractivity contribution in [2.75, 3.05) is 12.3 Å². The van der Waals surface area contributed by atoms with Crippen LogP contribution in [-0.2, 0) is 21.6 Å². The van der Waals surface area contributed by atoms with E-state index in [1.54, 1.807) is 4.90 Å². The van der Waals surface area contributed by atoms with Crippen molar-refractivity contribution < 1.29 is 21.8 Å². The van der Waals surface area contributed by atoms with Crippen LogP contribution in [0.5, 0.6) is 0 Å². The number of hydrogen-bond donors (Lipinski definition) is 0. The van der Waals surface area contributed by atoms with Gasteiger partial charge in [-0.3, -0.25) is 0 Å². The highest BCUT2D eigenvalue weighted by atomic mass is 32.3. The standard InChI is InChI=1S/C16H20FNO4S/c17-23(20,21)12-16-8-4-7-14(16)18(10-9-16)15(19)22-11-13-5-2-1-3-6-13/h1-3,5-6,14H,4,7-12H2/t14-,16-/m1/s1. The number of carbonyl (C=O) groups excluding carboxylic acids is 1. The van der Waals surface area contributed by atoms with Crippen LogP contribution in [0.4, 0.5) is 8.68 Å². The lowest BCUT2D eigenvalue weighted by Gasteiger charge is -2.30. The van der Waals surface area contributed by atoms with Crippen molar-refractivity contribution >= 4 is 16.3 Å². The fourth-order valence-electron chi connectivity index (χ4n) is 4.00. The summed E-state index contributed by atoms with van der Waals surface area (Å²) in [5.41, 5.74) is 0.253. The van der Waals surface area contributed by atoms with Crippen LogP contribution in [0.2, 0.25) is 0 Å². The Morgan fingerprint density at radius 2 is 2.04 bits per heavy atom. The molecule has 2 atom stereocenters. The Balaban J connectivity index is 1.66. The lowest BCUT2D eigenvalue weighted by molar-refractivity contribution is 0.0852. The second-order valence-electron chi connectivity index (χ2n) is 6.44. The van der Waals surface area contributed by atoms with Gasteiger partial charge in [0, 0.05) is 18.0 Å². The second kappa shape index (κ2) is 6.11. The Kier molecular flexibility index (Phi) is 4.31. The molecule has 0 aromatic heterocycles. The van der Waals surface area contributed by atoms with Crippen LogP contribution in [0.1, 0.15) is 31.2 Å². The average Bonchev–Trinajstić information content (AvgIpc) is 3.02. The Hall–Kier alpha value is -1.63. The predicted octanol–water partition coefficient (Wildman–Crippen LogP) is 2.87. The van der Waals surface area contributed by atoms with Gasteiger partial charge < -0.3 is 9.64 Å². The van der Waals surface area contributed by atoms with Crippen LogP contribution in [0, 0.1) is 5.41 Å². The molecule has 0 radical (unpaired) electrons. The highest BCUT2D eigenvalue weighted by molar-refractivity contribution is 7.86. The van der Waals surface area contributed by atoms with E-state index >= 15 is 0 Å². The Labute approximate surface area is 135 Å². The topological polar surface area (TPSA) is 63.7 Å². The minimum Gasteiger partial charge on any atom is -0.445 e. The molecule has 1 heterocycles. The van der Waals surface area contributed by atoms with E-state index in [0.29, 0.717) is 25.8 Å². The summed E-state index contributed by atoms with van der Waals surface area (Å²) < 4.78 is 40.8. The maximum absolute atomic E-state index is 13.2.